The minimum Gasteiger partial charge on any atom is -0.443 e. The van der Waals surface area contributed by atoms with Gasteiger partial charge in [-0.3, -0.25) is 4.90 Å². The monoisotopic (exact) mass is 201 g/mol. The Morgan fingerprint density at radius 2 is 2.00 bits per heavy atom. The number of hydrogen-bond donors (Lipinski definition) is 2. The minimum absolute atomic E-state index is 0.441. The van der Waals surface area contributed by atoms with Crippen LogP contribution in [0.4, 0.5) is 4.79 Å². The molecule has 3 N–H and O–H groups in total. The molecule has 5 nitrogen and oxygen atoms in total. The van der Waals surface area contributed by atoms with Gasteiger partial charge in [-0.15, -0.1) is 0 Å². The molecule has 0 spiro atoms. The molecular formula is C9H19N3O2. The van der Waals surface area contributed by atoms with Crippen LogP contribution >= 0.6 is 0 Å². The highest BCUT2D eigenvalue weighted by molar-refractivity contribution is 5.69. The Balaban J connectivity index is 4.40. The van der Waals surface area contributed by atoms with Gasteiger partial charge in [0.15, 0.2) is 0 Å². The summed E-state index contributed by atoms with van der Waals surface area (Å²) in [6.45, 7) is 5.43. The zero-order valence-corrected chi connectivity index (χ0v) is 9.42. The number of rotatable bonds is 2. The summed E-state index contributed by atoms with van der Waals surface area (Å²) in [6.07, 6.45) is 0.868. The molecule has 0 saturated heterocycles. The van der Waals surface area contributed by atoms with Crippen molar-refractivity contribution in [1.82, 2.24) is 10.2 Å². The topological polar surface area (TPSA) is 67.6 Å². The summed E-state index contributed by atoms with van der Waals surface area (Å²) in [5.74, 6) is 0.499. The zero-order chi connectivity index (χ0) is 11.4. The molecule has 5 heteroatoms. The number of amides is 1. The van der Waals surface area contributed by atoms with Crippen LogP contribution in [0.15, 0.2) is 12.0 Å². The lowest BCUT2D eigenvalue weighted by Gasteiger charge is -2.25. The molecule has 0 fully saturated rings. The van der Waals surface area contributed by atoms with E-state index in [9.17, 15) is 4.79 Å². The fourth-order valence-electron chi connectivity index (χ4n) is 0.792. The van der Waals surface area contributed by atoms with Crippen LogP contribution in [0.1, 0.15) is 20.8 Å². The first-order valence-corrected chi connectivity index (χ1v) is 4.38. The van der Waals surface area contributed by atoms with Gasteiger partial charge in [-0.25, -0.2) is 4.79 Å². The number of carbonyl (C=O) groups is 1. The molecule has 0 aliphatic carbocycles. The number of nitrogens with one attached hydrogen (secondary N) is 1. The predicted molar refractivity (Wildman–Crippen MR) is 55.3 cm³/mol. The molecule has 0 aliphatic heterocycles. The summed E-state index contributed by atoms with van der Waals surface area (Å²) in [5, 5.41) is 2.78. The van der Waals surface area contributed by atoms with Crippen molar-refractivity contribution in [1.29, 1.82) is 0 Å². The smallest absolute Gasteiger partial charge is 0.415 e. The van der Waals surface area contributed by atoms with Gasteiger partial charge in [0, 0.05) is 20.3 Å². The zero-order valence-electron chi connectivity index (χ0n) is 9.42. The first-order chi connectivity index (χ1) is 6.31. The van der Waals surface area contributed by atoms with E-state index in [4.69, 9.17) is 10.5 Å². The highest BCUT2D eigenvalue weighted by Gasteiger charge is 2.20. The molecule has 0 radical (unpaired) electrons. The van der Waals surface area contributed by atoms with E-state index < -0.39 is 11.7 Å². The largest absolute Gasteiger partial charge is 0.443 e. The van der Waals surface area contributed by atoms with Gasteiger partial charge < -0.3 is 15.8 Å². The second-order valence-electron chi connectivity index (χ2n) is 3.84. The van der Waals surface area contributed by atoms with E-state index >= 15 is 0 Å². The average Bonchev–Trinajstić information content (AvgIpc) is 2.03. The summed E-state index contributed by atoms with van der Waals surface area (Å²) < 4.78 is 5.13. The predicted octanol–water partition coefficient (Wildman–Crippen LogP) is 0.830. The number of ether oxygens (including phenoxy) is 1. The van der Waals surface area contributed by atoms with Crippen LogP contribution in [0.3, 0.4) is 0 Å². The summed E-state index contributed by atoms with van der Waals surface area (Å²) in [7, 11) is 3.27. The van der Waals surface area contributed by atoms with Crippen molar-refractivity contribution >= 4 is 6.09 Å². The van der Waals surface area contributed by atoms with Crippen molar-refractivity contribution < 1.29 is 9.53 Å². The van der Waals surface area contributed by atoms with E-state index in [-0.39, 0.29) is 0 Å². The van der Waals surface area contributed by atoms with Crippen molar-refractivity contribution in [2.24, 2.45) is 5.73 Å². The van der Waals surface area contributed by atoms with E-state index in [1.165, 1.54) is 11.1 Å². The van der Waals surface area contributed by atoms with Crippen LogP contribution in [0.2, 0.25) is 0 Å². The van der Waals surface area contributed by atoms with E-state index in [1.54, 1.807) is 14.1 Å². The van der Waals surface area contributed by atoms with Crippen LogP contribution in [-0.4, -0.2) is 30.7 Å². The van der Waals surface area contributed by atoms with Crippen molar-refractivity contribution in [3.8, 4) is 0 Å². The third kappa shape index (κ3) is 4.02. The van der Waals surface area contributed by atoms with Crippen molar-refractivity contribution in [3.05, 3.63) is 12.0 Å². The lowest BCUT2D eigenvalue weighted by atomic mass is 10.2. The summed E-state index contributed by atoms with van der Waals surface area (Å²) in [6, 6.07) is 0. The standard InChI is InChI=1S/C9H19N3O2/c1-9(2,3)14-8(13)12(5)7(6-10)11-4/h6,11H,10H2,1-5H3/b7-6-. The number of nitrogens with two attached hydrogens (primary N) is 1. The second-order valence-corrected chi connectivity index (χ2v) is 3.84. The van der Waals surface area contributed by atoms with E-state index in [2.05, 4.69) is 5.32 Å². The first kappa shape index (κ1) is 12.6. The van der Waals surface area contributed by atoms with Crippen molar-refractivity contribution in [2.75, 3.05) is 14.1 Å². The maximum atomic E-state index is 11.5. The molecule has 0 atom stereocenters. The fourth-order valence-corrected chi connectivity index (χ4v) is 0.792. The van der Waals surface area contributed by atoms with E-state index in [0.29, 0.717) is 5.82 Å². The Bertz CT molecular complexity index is 231. The maximum Gasteiger partial charge on any atom is 0.415 e. The quantitative estimate of drug-likeness (QED) is 0.694. The van der Waals surface area contributed by atoms with Crippen LogP contribution in [0.5, 0.6) is 0 Å². The third-order valence-electron chi connectivity index (χ3n) is 1.44. The van der Waals surface area contributed by atoms with Gasteiger partial charge in [0.1, 0.15) is 11.4 Å². The molecule has 0 aromatic rings. The van der Waals surface area contributed by atoms with Gasteiger partial charge in [0.25, 0.3) is 0 Å². The molecule has 14 heavy (non-hydrogen) atoms. The highest BCUT2D eigenvalue weighted by atomic mass is 16.6. The van der Waals surface area contributed by atoms with Crippen LogP contribution < -0.4 is 11.1 Å². The van der Waals surface area contributed by atoms with Gasteiger partial charge in [-0.05, 0) is 20.8 Å². The highest BCUT2D eigenvalue weighted by Crippen LogP contribution is 2.10. The summed E-state index contributed by atoms with van der Waals surface area (Å²) >= 11 is 0. The lowest BCUT2D eigenvalue weighted by Crippen LogP contribution is -2.37. The molecule has 1 amide bonds. The molecule has 82 valence electrons. The number of nitrogens with zero attached hydrogens (tertiary/aromatic N) is 1. The lowest BCUT2D eigenvalue weighted by molar-refractivity contribution is 0.0344. The maximum absolute atomic E-state index is 11.5. The molecule has 0 saturated carbocycles. The third-order valence-corrected chi connectivity index (χ3v) is 1.44. The van der Waals surface area contributed by atoms with Gasteiger partial charge in [-0.2, -0.15) is 0 Å². The Kier molecular flexibility index (Phi) is 4.27. The number of hydrogen-bond acceptors (Lipinski definition) is 4. The van der Waals surface area contributed by atoms with E-state index in [1.807, 2.05) is 20.8 Å². The molecule has 0 heterocycles. The summed E-state index contributed by atoms with van der Waals surface area (Å²) in [5.41, 5.74) is 4.81. The average molecular weight is 201 g/mol. The van der Waals surface area contributed by atoms with Crippen molar-refractivity contribution in [2.45, 2.75) is 26.4 Å². The van der Waals surface area contributed by atoms with Gasteiger partial charge in [0.05, 0.1) is 0 Å². The molecule has 0 bridgehead atoms. The Labute approximate surface area is 84.9 Å². The van der Waals surface area contributed by atoms with E-state index in [0.717, 1.165) is 0 Å². The normalized spacial score (nSPS) is 12.2. The molecule has 0 aliphatic rings. The Hall–Kier alpha value is -1.39. The Morgan fingerprint density at radius 3 is 2.29 bits per heavy atom. The Morgan fingerprint density at radius 1 is 1.50 bits per heavy atom. The SMILES string of the molecule is CN/C(=C/N)N(C)C(=O)OC(C)(C)C. The summed E-state index contributed by atoms with van der Waals surface area (Å²) in [4.78, 5) is 12.8. The van der Waals surface area contributed by atoms with Crippen LogP contribution in [0.25, 0.3) is 0 Å². The molecule has 0 aromatic carbocycles. The minimum atomic E-state index is -0.501. The van der Waals surface area contributed by atoms with Gasteiger partial charge in [-0.1, -0.05) is 0 Å². The molecule has 0 unspecified atom stereocenters. The molecule has 0 aromatic heterocycles. The second kappa shape index (κ2) is 4.74. The molecule has 0 rings (SSSR count). The number of carbonyl (C=O) groups excluding carboxylic acids is 1. The van der Waals surface area contributed by atoms with Gasteiger partial charge in [0.2, 0.25) is 0 Å². The first-order valence-electron chi connectivity index (χ1n) is 4.38. The van der Waals surface area contributed by atoms with Gasteiger partial charge >= 0.3 is 6.09 Å². The van der Waals surface area contributed by atoms with Crippen molar-refractivity contribution in [3.63, 3.8) is 0 Å². The molecular weight excluding hydrogens is 182 g/mol. The van der Waals surface area contributed by atoms with Crippen LogP contribution in [-0.2, 0) is 4.74 Å². The van der Waals surface area contributed by atoms with Crippen LogP contribution in [0, 0.1) is 0 Å². The fraction of sp³-hybridized carbons (Fsp3) is 0.667.